The van der Waals surface area contributed by atoms with E-state index in [4.69, 9.17) is 23.2 Å². The van der Waals surface area contributed by atoms with Crippen molar-refractivity contribution in [3.8, 4) is 0 Å². The molecule has 7 heteroatoms. The molecule has 0 N–H and O–H groups in total. The second-order valence-electron chi connectivity index (χ2n) is 7.63. The zero-order valence-corrected chi connectivity index (χ0v) is 17.9. The third-order valence-electron chi connectivity index (χ3n) is 5.76. The standard InChI is InChI=1S/C24H16Cl2N2O3/c1-13-6-9-15(10-7-13)27-20(18-11-8-14(25)12-19(18)26)21(24(27)31)28-22(29)16-4-2-3-5-17(16)23(28)30/h2-12,20-21H,1H3/t20-,21-/m1/s1. The molecule has 2 atom stereocenters. The number of nitrogens with zero attached hydrogens (tertiary/aromatic N) is 2. The number of carbonyl (C=O) groups excluding carboxylic acids is 3. The van der Waals surface area contributed by atoms with Gasteiger partial charge >= 0.3 is 0 Å². The van der Waals surface area contributed by atoms with E-state index in [2.05, 4.69) is 0 Å². The average Bonchev–Trinajstić information content (AvgIpc) is 2.99. The number of rotatable bonds is 3. The Morgan fingerprint density at radius 2 is 1.35 bits per heavy atom. The molecule has 1 saturated heterocycles. The summed E-state index contributed by atoms with van der Waals surface area (Å²) in [5.74, 6) is -1.29. The van der Waals surface area contributed by atoms with Crippen LogP contribution in [0.1, 0.15) is 37.9 Å². The summed E-state index contributed by atoms with van der Waals surface area (Å²) in [4.78, 5) is 42.1. The van der Waals surface area contributed by atoms with Gasteiger partial charge in [-0.2, -0.15) is 0 Å². The molecule has 3 aromatic rings. The van der Waals surface area contributed by atoms with Crippen molar-refractivity contribution in [3.63, 3.8) is 0 Å². The maximum Gasteiger partial charge on any atom is 0.262 e. The SMILES string of the molecule is Cc1ccc(N2C(=O)[C@H](N3C(=O)c4ccccc4C3=O)[C@H]2c2ccc(Cl)cc2Cl)cc1. The fourth-order valence-electron chi connectivity index (χ4n) is 4.23. The van der Waals surface area contributed by atoms with E-state index in [0.717, 1.165) is 10.5 Å². The smallest absolute Gasteiger partial charge is 0.262 e. The van der Waals surface area contributed by atoms with Crippen molar-refractivity contribution in [1.82, 2.24) is 4.90 Å². The summed E-state index contributed by atoms with van der Waals surface area (Å²) in [6.07, 6.45) is 0. The largest absolute Gasteiger partial charge is 0.300 e. The molecule has 5 nitrogen and oxygen atoms in total. The van der Waals surface area contributed by atoms with E-state index < -0.39 is 23.9 Å². The van der Waals surface area contributed by atoms with Crippen molar-refractivity contribution in [1.29, 1.82) is 0 Å². The Balaban J connectivity index is 1.61. The summed E-state index contributed by atoms with van der Waals surface area (Å²) >= 11 is 12.6. The molecule has 154 valence electrons. The summed E-state index contributed by atoms with van der Waals surface area (Å²) < 4.78 is 0. The normalized spacial score (nSPS) is 20.2. The lowest BCUT2D eigenvalue weighted by Gasteiger charge is -2.50. The van der Waals surface area contributed by atoms with Crippen LogP contribution in [0.2, 0.25) is 10.0 Å². The molecule has 0 spiro atoms. The summed E-state index contributed by atoms with van der Waals surface area (Å²) in [7, 11) is 0. The number of anilines is 1. The van der Waals surface area contributed by atoms with E-state index in [1.165, 1.54) is 0 Å². The molecule has 2 aliphatic heterocycles. The first-order valence-corrected chi connectivity index (χ1v) is 10.5. The Morgan fingerprint density at radius 3 is 1.94 bits per heavy atom. The van der Waals surface area contributed by atoms with Gasteiger partial charge in [0, 0.05) is 15.7 Å². The molecule has 0 radical (unpaired) electrons. The zero-order valence-electron chi connectivity index (χ0n) is 16.4. The highest BCUT2D eigenvalue weighted by Crippen LogP contribution is 2.46. The molecule has 1 fully saturated rings. The fourth-order valence-corrected chi connectivity index (χ4v) is 4.75. The van der Waals surface area contributed by atoms with Gasteiger partial charge in [0.15, 0.2) is 0 Å². The fraction of sp³-hybridized carbons (Fsp3) is 0.125. The molecule has 3 amide bonds. The molecule has 2 heterocycles. The first kappa shape index (κ1) is 19.8. The predicted molar refractivity (Wildman–Crippen MR) is 119 cm³/mol. The number of carbonyl (C=O) groups is 3. The van der Waals surface area contributed by atoms with E-state index in [0.29, 0.717) is 32.4 Å². The van der Waals surface area contributed by atoms with Crippen LogP contribution in [0.25, 0.3) is 0 Å². The first-order chi connectivity index (χ1) is 14.9. The Morgan fingerprint density at radius 1 is 0.742 bits per heavy atom. The average molecular weight is 451 g/mol. The predicted octanol–water partition coefficient (Wildman–Crippen LogP) is 5.05. The Kier molecular flexibility index (Phi) is 4.61. The number of fused-ring (bicyclic) bond motifs is 1. The van der Waals surface area contributed by atoms with Gasteiger partial charge < -0.3 is 4.90 Å². The maximum atomic E-state index is 13.3. The number of β-lactam (4-membered cyclic amide) rings is 1. The molecule has 5 rings (SSSR count). The van der Waals surface area contributed by atoms with Crippen LogP contribution >= 0.6 is 23.2 Å². The van der Waals surface area contributed by atoms with Crippen LogP contribution in [0.15, 0.2) is 66.7 Å². The number of amides is 3. The van der Waals surface area contributed by atoms with E-state index in [1.54, 1.807) is 47.4 Å². The van der Waals surface area contributed by atoms with Crippen molar-refractivity contribution >= 4 is 46.6 Å². The number of hydrogen-bond acceptors (Lipinski definition) is 3. The quantitative estimate of drug-likeness (QED) is 0.414. The third kappa shape index (κ3) is 2.96. The molecule has 3 aromatic carbocycles. The monoisotopic (exact) mass is 450 g/mol. The number of benzene rings is 3. The Labute approximate surface area is 188 Å². The van der Waals surface area contributed by atoms with Gasteiger partial charge in [-0.1, -0.05) is 59.1 Å². The van der Waals surface area contributed by atoms with E-state index in [9.17, 15) is 14.4 Å². The molecule has 0 aliphatic carbocycles. The van der Waals surface area contributed by atoms with Crippen molar-refractivity contribution < 1.29 is 14.4 Å². The minimum atomic E-state index is -0.993. The highest BCUT2D eigenvalue weighted by molar-refractivity contribution is 6.35. The second-order valence-corrected chi connectivity index (χ2v) is 8.47. The van der Waals surface area contributed by atoms with E-state index in [1.807, 2.05) is 31.2 Å². The van der Waals surface area contributed by atoms with Crippen LogP contribution in [0.3, 0.4) is 0 Å². The van der Waals surface area contributed by atoms with Crippen LogP contribution < -0.4 is 4.90 Å². The molecular weight excluding hydrogens is 435 g/mol. The number of imide groups is 1. The number of halogens is 2. The highest BCUT2D eigenvalue weighted by Gasteiger charge is 2.57. The molecule has 31 heavy (non-hydrogen) atoms. The van der Waals surface area contributed by atoms with Crippen molar-refractivity contribution in [3.05, 3.63) is 99.0 Å². The van der Waals surface area contributed by atoms with Crippen LogP contribution in [0.5, 0.6) is 0 Å². The molecular formula is C24H16Cl2N2O3. The third-order valence-corrected chi connectivity index (χ3v) is 6.33. The van der Waals surface area contributed by atoms with Gasteiger partial charge in [-0.15, -0.1) is 0 Å². The number of hydrogen-bond donors (Lipinski definition) is 0. The Hall–Kier alpha value is -3.15. The molecule has 0 aromatic heterocycles. The summed E-state index contributed by atoms with van der Waals surface area (Å²) in [6, 6.07) is 17.4. The zero-order chi connectivity index (χ0) is 21.9. The van der Waals surface area contributed by atoms with Gasteiger partial charge in [0.2, 0.25) is 0 Å². The maximum absolute atomic E-state index is 13.3. The molecule has 0 bridgehead atoms. The van der Waals surface area contributed by atoms with Gasteiger partial charge in [0.25, 0.3) is 17.7 Å². The molecule has 2 aliphatic rings. The lowest BCUT2D eigenvalue weighted by Crippen LogP contribution is -2.67. The summed E-state index contributed by atoms with van der Waals surface area (Å²) in [5.41, 5.74) is 2.94. The van der Waals surface area contributed by atoms with Crippen LogP contribution in [-0.4, -0.2) is 28.7 Å². The minimum Gasteiger partial charge on any atom is -0.300 e. The van der Waals surface area contributed by atoms with Gasteiger partial charge in [0.05, 0.1) is 17.2 Å². The summed E-state index contributed by atoms with van der Waals surface area (Å²) in [5, 5.41) is 0.822. The van der Waals surface area contributed by atoms with Gasteiger partial charge in [-0.3, -0.25) is 19.3 Å². The van der Waals surface area contributed by atoms with Crippen molar-refractivity contribution in [2.45, 2.75) is 19.0 Å². The second kappa shape index (κ2) is 7.22. The number of aryl methyl sites for hydroxylation is 1. The minimum absolute atomic E-state index is 0.301. The van der Waals surface area contributed by atoms with Gasteiger partial charge in [-0.25, -0.2) is 0 Å². The van der Waals surface area contributed by atoms with E-state index in [-0.39, 0.29) is 5.91 Å². The highest BCUT2D eigenvalue weighted by atomic mass is 35.5. The van der Waals surface area contributed by atoms with Gasteiger partial charge in [0.1, 0.15) is 6.04 Å². The van der Waals surface area contributed by atoms with Crippen molar-refractivity contribution in [2.24, 2.45) is 0 Å². The van der Waals surface area contributed by atoms with Gasteiger partial charge in [-0.05, 0) is 48.9 Å². The lowest BCUT2D eigenvalue weighted by atomic mass is 9.86. The Bertz CT molecular complexity index is 1220. The first-order valence-electron chi connectivity index (χ1n) is 9.70. The van der Waals surface area contributed by atoms with Crippen LogP contribution in [-0.2, 0) is 4.79 Å². The molecule has 0 saturated carbocycles. The lowest BCUT2D eigenvalue weighted by molar-refractivity contribution is -0.130. The topological polar surface area (TPSA) is 57.7 Å². The summed E-state index contributed by atoms with van der Waals surface area (Å²) in [6.45, 7) is 1.96. The van der Waals surface area contributed by atoms with E-state index >= 15 is 0 Å². The molecule has 0 unspecified atom stereocenters. The van der Waals surface area contributed by atoms with Crippen LogP contribution in [0, 0.1) is 6.92 Å². The van der Waals surface area contributed by atoms with Crippen molar-refractivity contribution in [2.75, 3.05) is 4.90 Å². The van der Waals surface area contributed by atoms with Crippen LogP contribution in [0.4, 0.5) is 5.69 Å².